The van der Waals surface area contributed by atoms with Crippen LogP contribution in [-0.4, -0.2) is 43.9 Å². The number of sulfone groups is 1. The van der Waals surface area contributed by atoms with Crippen molar-refractivity contribution in [2.24, 2.45) is 0 Å². The molecule has 3 aromatic rings. The molecule has 0 saturated heterocycles. The van der Waals surface area contributed by atoms with Gasteiger partial charge >= 0.3 is 16.9 Å². The van der Waals surface area contributed by atoms with Crippen LogP contribution in [0.3, 0.4) is 0 Å². The normalized spacial score (nSPS) is 11.3. The summed E-state index contributed by atoms with van der Waals surface area (Å²) < 4.78 is 39.9. The molecule has 0 aliphatic rings. The van der Waals surface area contributed by atoms with Gasteiger partial charge in [-0.05, 0) is 40.8 Å². The van der Waals surface area contributed by atoms with Gasteiger partial charge in [-0.1, -0.05) is 30.3 Å². The van der Waals surface area contributed by atoms with Crippen molar-refractivity contribution in [1.82, 2.24) is 10.6 Å². The van der Waals surface area contributed by atoms with Crippen molar-refractivity contribution < 1.29 is 42.2 Å². The van der Waals surface area contributed by atoms with E-state index in [-0.39, 0.29) is 28.6 Å². The number of carbonyl (C=O) groups is 2. The highest BCUT2D eigenvalue weighted by molar-refractivity contribution is 7.91. The Morgan fingerprint density at radius 1 is 1.12 bits per heavy atom. The zero-order valence-corrected chi connectivity index (χ0v) is 17.6. The average Bonchev–Trinajstić information content (AvgIpc) is 3.21. The van der Waals surface area contributed by atoms with Crippen LogP contribution in [0.2, 0.25) is 0 Å². The Morgan fingerprint density at radius 2 is 1.82 bits per heavy atom. The molecule has 0 radical (unpaired) electrons. The van der Waals surface area contributed by atoms with Crippen LogP contribution in [0.4, 0.5) is 0 Å². The number of benzene rings is 2. The minimum absolute atomic E-state index is 0.149. The molecule has 0 fully saturated rings. The lowest BCUT2D eigenvalue weighted by Gasteiger charge is -2.06. The monoisotopic (exact) mass is 475 g/mol. The molecular weight excluding hydrogens is 458 g/mol. The van der Waals surface area contributed by atoms with Gasteiger partial charge in [0, 0.05) is 6.08 Å². The number of hydroxylamine groups is 1. The minimum atomic E-state index is -4.25. The van der Waals surface area contributed by atoms with Crippen LogP contribution >= 0.6 is 0 Å². The van der Waals surface area contributed by atoms with Gasteiger partial charge in [-0.2, -0.15) is 0 Å². The largest absolute Gasteiger partial charge is 0.458 e. The maximum absolute atomic E-state index is 12.7. The van der Waals surface area contributed by atoms with E-state index in [1.54, 1.807) is 18.2 Å². The highest BCUT2D eigenvalue weighted by atomic mass is 32.2. The van der Waals surface area contributed by atoms with Crippen molar-refractivity contribution >= 4 is 27.8 Å². The van der Waals surface area contributed by atoms with Crippen molar-refractivity contribution in [3.05, 3.63) is 77.0 Å². The molecule has 0 atom stereocenters. The van der Waals surface area contributed by atoms with Crippen LogP contribution < -0.4 is 15.1 Å². The molecule has 12 nitrogen and oxygen atoms in total. The number of hydrogen-bond donors (Lipinski definition) is 2. The molecular formula is C20H17N3O9S. The van der Waals surface area contributed by atoms with E-state index in [9.17, 15) is 23.2 Å². The Balaban J connectivity index is 1.57. The first-order valence-corrected chi connectivity index (χ1v) is 10.7. The molecule has 3 rings (SSSR count). The fourth-order valence-corrected chi connectivity index (χ4v) is 3.83. The second kappa shape index (κ2) is 10.4. The molecule has 2 N–H and O–H groups in total. The van der Waals surface area contributed by atoms with Crippen LogP contribution in [0.5, 0.6) is 5.88 Å². The summed E-state index contributed by atoms with van der Waals surface area (Å²) in [7, 11) is -4.25. The number of esters is 1. The number of nitrogens with one attached hydrogen (secondary N) is 1. The van der Waals surface area contributed by atoms with Gasteiger partial charge in [-0.25, -0.2) is 18.7 Å². The van der Waals surface area contributed by atoms with Crippen molar-refractivity contribution in [2.75, 3.05) is 13.2 Å². The number of hydrogen-bond acceptors (Lipinski definition) is 10. The van der Waals surface area contributed by atoms with Crippen LogP contribution in [0.25, 0.3) is 6.08 Å². The molecule has 1 aromatic heterocycles. The smallest absolute Gasteiger partial charge is 0.415 e. The van der Waals surface area contributed by atoms with E-state index in [0.29, 0.717) is 5.56 Å². The molecule has 2 aromatic carbocycles. The maximum Gasteiger partial charge on any atom is 0.415 e. The van der Waals surface area contributed by atoms with E-state index < -0.39 is 32.6 Å². The standard InChI is InChI=1S/C20H17N3O9S/c24-17(21-26)11-8-14-6-9-15(10-7-14)20(25)31-13-12-30-18-19(23(27)32-22-18)33(28,29)16-4-2-1-3-5-16/h1-11,26H,12-13H2,(H,21,24)/b11-8+. The van der Waals surface area contributed by atoms with Crippen LogP contribution in [0.1, 0.15) is 15.9 Å². The highest BCUT2D eigenvalue weighted by Crippen LogP contribution is 2.24. The van der Waals surface area contributed by atoms with Crippen molar-refractivity contribution in [1.29, 1.82) is 0 Å². The topological polar surface area (TPSA) is 172 Å². The molecule has 33 heavy (non-hydrogen) atoms. The summed E-state index contributed by atoms with van der Waals surface area (Å²) in [5.41, 5.74) is 2.27. The number of amides is 1. The molecule has 0 bridgehead atoms. The molecule has 1 amide bonds. The maximum atomic E-state index is 12.7. The van der Waals surface area contributed by atoms with E-state index in [4.69, 9.17) is 14.7 Å². The van der Waals surface area contributed by atoms with Gasteiger partial charge in [0.05, 0.1) is 15.6 Å². The van der Waals surface area contributed by atoms with Gasteiger partial charge in [0.2, 0.25) is 0 Å². The first kappa shape index (κ1) is 23.4. The molecule has 0 saturated carbocycles. The molecule has 0 aliphatic heterocycles. The van der Waals surface area contributed by atoms with E-state index >= 15 is 0 Å². The number of ether oxygens (including phenoxy) is 2. The Bertz CT molecular complexity index is 1250. The molecule has 1 heterocycles. The van der Waals surface area contributed by atoms with Crippen LogP contribution in [-0.2, 0) is 19.4 Å². The average molecular weight is 475 g/mol. The van der Waals surface area contributed by atoms with E-state index in [1.165, 1.54) is 48.0 Å². The lowest BCUT2D eigenvalue weighted by molar-refractivity contribution is -0.832. The van der Waals surface area contributed by atoms with Crippen molar-refractivity contribution in [3.63, 3.8) is 0 Å². The lowest BCUT2D eigenvalue weighted by atomic mass is 10.1. The minimum Gasteiger partial charge on any atom is -0.458 e. The second-order valence-corrected chi connectivity index (χ2v) is 8.14. The van der Waals surface area contributed by atoms with E-state index in [2.05, 4.69) is 9.79 Å². The van der Waals surface area contributed by atoms with E-state index in [0.717, 1.165) is 6.08 Å². The van der Waals surface area contributed by atoms with Crippen LogP contribution in [0, 0.1) is 5.21 Å². The van der Waals surface area contributed by atoms with Gasteiger partial charge in [-0.3, -0.25) is 14.6 Å². The Hall–Kier alpha value is -4.23. The summed E-state index contributed by atoms with van der Waals surface area (Å²) in [6, 6.07) is 13.2. The lowest BCUT2D eigenvalue weighted by Crippen LogP contribution is -2.31. The third-order valence-corrected chi connectivity index (χ3v) is 5.82. The molecule has 0 aliphatic carbocycles. The fraction of sp³-hybridized carbons (Fsp3) is 0.100. The van der Waals surface area contributed by atoms with Crippen LogP contribution in [0.15, 0.2) is 75.2 Å². The Morgan fingerprint density at radius 3 is 2.48 bits per heavy atom. The highest BCUT2D eigenvalue weighted by Gasteiger charge is 2.35. The molecule has 0 unspecified atom stereocenters. The SMILES string of the molecule is O=C(/C=C/c1ccc(C(=O)OCCOc2no[n+]([O-])c2S(=O)(=O)c2ccccc2)cc1)NO. The summed E-state index contributed by atoms with van der Waals surface area (Å²) in [6.07, 6.45) is 2.53. The second-order valence-electron chi connectivity index (χ2n) is 6.27. The number of nitrogens with zero attached hydrogens (tertiary/aromatic N) is 2. The zero-order valence-electron chi connectivity index (χ0n) is 16.8. The summed E-state index contributed by atoms with van der Waals surface area (Å²) in [5.74, 6) is -1.95. The quantitative estimate of drug-likeness (QED) is 0.113. The Kier molecular flexibility index (Phi) is 7.38. The molecule has 0 spiro atoms. The number of rotatable bonds is 9. The van der Waals surface area contributed by atoms with Gasteiger partial charge in [0.25, 0.3) is 15.7 Å². The van der Waals surface area contributed by atoms with Crippen molar-refractivity contribution in [3.8, 4) is 5.88 Å². The first-order valence-electron chi connectivity index (χ1n) is 9.25. The molecule has 13 heteroatoms. The zero-order chi connectivity index (χ0) is 23.8. The van der Waals surface area contributed by atoms with Gasteiger partial charge < -0.3 is 14.7 Å². The Labute approximate surface area is 187 Å². The van der Waals surface area contributed by atoms with Crippen molar-refractivity contribution in [2.45, 2.75) is 9.92 Å². The third-order valence-electron chi connectivity index (χ3n) is 4.09. The van der Waals surface area contributed by atoms with Gasteiger partial charge in [0.1, 0.15) is 13.2 Å². The van der Waals surface area contributed by atoms with Gasteiger partial charge in [-0.15, -0.1) is 0 Å². The third kappa shape index (κ3) is 5.72. The predicted molar refractivity (Wildman–Crippen MR) is 109 cm³/mol. The fourth-order valence-electron chi connectivity index (χ4n) is 2.54. The van der Waals surface area contributed by atoms with Gasteiger partial charge in [0.15, 0.2) is 0 Å². The summed E-state index contributed by atoms with van der Waals surface area (Å²) in [6.45, 7) is -0.569. The number of aromatic nitrogens is 2. The molecule has 172 valence electrons. The summed E-state index contributed by atoms with van der Waals surface area (Å²) in [5, 5.41) is 22.7. The first-order chi connectivity index (χ1) is 15.8. The van der Waals surface area contributed by atoms with E-state index in [1.807, 2.05) is 0 Å². The summed E-state index contributed by atoms with van der Waals surface area (Å²) in [4.78, 5) is 22.7. The summed E-state index contributed by atoms with van der Waals surface area (Å²) >= 11 is 0. The predicted octanol–water partition coefficient (Wildman–Crippen LogP) is 0.895. The number of carbonyl (C=O) groups excluding carboxylic acids is 2.